The fourth-order valence-corrected chi connectivity index (χ4v) is 3.54. The number of aliphatic imine (C=N–C) groups is 1. The molecule has 1 heterocycles. The van der Waals surface area contributed by atoms with Crippen molar-refractivity contribution in [2.45, 2.75) is 27.3 Å². The van der Waals surface area contributed by atoms with Gasteiger partial charge in [-0.1, -0.05) is 63.2 Å². The van der Waals surface area contributed by atoms with Crippen LogP contribution in [-0.4, -0.2) is 15.8 Å². The molecule has 0 saturated carbocycles. The minimum absolute atomic E-state index is 0. The normalized spacial score (nSPS) is 11.9. The topological polar surface area (TPSA) is 45.5 Å². The molecule has 4 aromatic rings. The Morgan fingerprint density at radius 2 is 1.65 bits per heavy atom. The smallest absolute Gasteiger partial charge is 0.124 e. The zero-order chi connectivity index (χ0) is 21.1. The third kappa shape index (κ3) is 5.29. The molecule has 0 bridgehead atoms. The number of nitrogens with zero attached hydrogens (tertiary/aromatic N) is 2. The Bertz CT molecular complexity index is 1230. The third-order valence-corrected chi connectivity index (χ3v) is 5.01. The first-order valence-electron chi connectivity index (χ1n) is 10.1. The zero-order valence-electron chi connectivity index (χ0n) is 17.9. The van der Waals surface area contributed by atoms with Crippen LogP contribution >= 0.6 is 0 Å². The van der Waals surface area contributed by atoms with Crippen LogP contribution in [-0.2, 0) is 27.6 Å². The SMILES string of the molecule is CC(C)(C)C(=NCc1[c-]c(-c2ccc3ccccc3n2)ccc1)c1ccccc1O.[Pt]. The molecule has 4 heteroatoms. The molecule has 0 spiro atoms. The number of rotatable bonds is 4. The Kier molecular flexibility index (Phi) is 7.07. The number of fused-ring (bicyclic) bond motifs is 1. The first kappa shape index (κ1) is 22.9. The maximum absolute atomic E-state index is 10.3. The number of phenolic OH excluding ortho intramolecular Hbond substituents is 1. The molecule has 0 aliphatic carbocycles. The van der Waals surface area contributed by atoms with E-state index >= 15 is 0 Å². The largest absolute Gasteiger partial charge is 0.507 e. The second-order valence-corrected chi connectivity index (χ2v) is 8.41. The fraction of sp³-hybridized carbons (Fsp3) is 0.185. The van der Waals surface area contributed by atoms with Gasteiger partial charge in [0.2, 0.25) is 0 Å². The van der Waals surface area contributed by atoms with Crippen LogP contribution < -0.4 is 0 Å². The Labute approximate surface area is 198 Å². The molecule has 31 heavy (non-hydrogen) atoms. The van der Waals surface area contributed by atoms with Crippen molar-refractivity contribution < 1.29 is 26.2 Å². The summed E-state index contributed by atoms with van der Waals surface area (Å²) in [4.78, 5) is 9.67. The van der Waals surface area contributed by atoms with E-state index in [1.807, 2.05) is 60.7 Å². The van der Waals surface area contributed by atoms with Crippen molar-refractivity contribution in [3.8, 4) is 17.0 Å². The van der Waals surface area contributed by atoms with E-state index in [9.17, 15) is 5.11 Å². The van der Waals surface area contributed by atoms with E-state index in [0.717, 1.165) is 39.0 Å². The second kappa shape index (κ2) is 9.58. The fourth-order valence-electron chi connectivity index (χ4n) is 3.54. The number of aromatic hydroxyl groups is 1. The van der Waals surface area contributed by atoms with Gasteiger partial charge in [0.1, 0.15) is 5.75 Å². The standard InChI is InChI=1S/C27H25N2O.Pt/c1-27(2,3)26(22-12-5-7-14-25(22)30)28-18-19-9-8-11-21(17-19)24-16-15-20-10-4-6-13-23(20)29-24;/h4-16,30H,18H2,1-3H3;/q-1;. The van der Waals surface area contributed by atoms with Crippen molar-refractivity contribution in [2.75, 3.05) is 0 Å². The van der Waals surface area contributed by atoms with Crippen LogP contribution in [0.2, 0.25) is 0 Å². The first-order valence-corrected chi connectivity index (χ1v) is 10.1. The van der Waals surface area contributed by atoms with E-state index in [1.54, 1.807) is 6.07 Å². The number of aromatic nitrogens is 1. The molecule has 0 radical (unpaired) electrons. The molecule has 0 aliphatic rings. The summed E-state index contributed by atoms with van der Waals surface area (Å²) in [6.45, 7) is 6.81. The Hall–Kier alpha value is -2.77. The summed E-state index contributed by atoms with van der Waals surface area (Å²) in [5, 5.41) is 11.4. The molecular weight excluding hydrogens is 563 g/mol. The Morgan fingerprint density at radius 1 is 0.903 bits per heavy atom. The van der Waals surface area contributed by atoms with Crippen LogP contribution in [0, 0.1) is 11.5 Å². The van der Waals surface area contributed by atoms with E-state index in [4.69, 9.17) is 9.98 Å². The number of hydrogen-bond acceptors (Lipinski definition) is 3. The molecule has 0 saturated heterocycles. The Balaban J connectivity index is 0.00000272. The van der Waals surface area contributed by atoms with Crippen LogP contribution in [0.5, 0.6) is 5.75 Å². The number of para-hydroxylation sites is 2. The van der Waals surface area contributed by atoms with Crippen LogP contribution in [0.1, 0.15) is 31.9 Å². The Morgan fingerprint density at radius 3 is 2.42 bits per heavy atom. The minimum Gasteiger partial charge on any atom is -0.507 e. The van der Waals surface area contributed by atoms with Crippen molar-refractivity contribution in [1.82, 2.24) is 4.98 Å². The molecule has 3 aromatic carbocycles. The molecule has 0 atom stereocenters. The van der Waals surface area contributed by atoms with Gasteiger partial charge in [0.05, 0.1) is 11.2 Å². The molecular formula is C27H25N2OPt-. The second-order valence-electron chi connectivity index (χ2n) is 8.41. The molecule has 4 rings (SSSR count). The van der Waals surface area contributed by atoms with Crippen LogP contribution in [0.3, 0.4) is 0 Å². The zero-order valence-corrected chi connectivity index (χ0v) is 20.1. The first-order chi connectivity index (χ1) is 14.4. The summed E-state index contributed by atoms with van der Waals surface area (Å²) in [5.74, 6) is 0.254. The maximum atomic E-state index is 10.3. The molecule has 0 unspecified atom stereocenters. The van der Waals surface area contributed by atoms with Gasteiger partial charge >= 0.3 is 0 Å². The predicted octanol–water partition coefficient (Wildman–Crippen LogP) is 6.44. The van der Waals surface area contributed by atoms with Crippen LogP contribution in [0.15, 0.2) is 83.9 Å². The van der Waals surface area contributed by atoms with Gasteiger partial charge in [-0.05, 0) is 29.3 Å². The van der Waals surface area contributed by atoms with Crippen LogP contribution in [0.25, 0.3) is 22.2 Å². The van der Waals surface area contributed by atoms with Crippen molar-refractivity contribution >= 4 is 16.6 Å². The van der Waals surface area contributed by atoms with Gasteiger partial charge < -0.3 is 5.11 Å². The minimum atomic E-state index is -0.198. The van der Waals surface area contributed by atoms with E-state index in [2.05, 4.69) is 39.0 Å². The van der Waals surface area contributed by atoms with Crippen molar-refractivity contribution in [3.05, 3.63) is 96.1 Å². The van der Waals surface area contributed by atoms with Crippen molar-refractivity contribution in [2.24, 2.45) is 10.4 Å². The molecule has 1 aromatic heterocycles. The molecule has 0 fully saturated rings. The molecule has 0 amide bonds. The van der Waals surface area contributed by atoms with E-state index in [1.165, 1.54) is 0 Å². The van der Waals surface area contributed by atoms with E-state index in [0.29, 0.717) is 6.54 Å². The predicted molar refractivity (Wildman–Crippen MR) is 124 cm³/mol. The summed E-state index contributed by atoms with van der Waals surface area (Å²) in [6.07, 6.45) is 0. The van der Waals surface area contributed by atoms with Crippen LogP contribution in [0.4, 0.5) is 0 Å². The van der Waals surface area contributed by atoms with E-state index in [-0.39, 0.29) is 32.2 Å². The van der Waals surface area contributed by atoms with Crippen molar-refractivity contribution in [1.29, 1.82) is 0 Å². The average molecular weight is 589 g/mol. The van der Waals surface area contributed by atoms with Gasteiger partial charge in [0, 0.05) is 38.6 Å². The van der Waals surface area contributed by atoms with Gasteiger partial charge in [-0.3, -0.25) is 9.98 Å². The number of benzene rings is 3. The van der Waals surface area contributed by atoms with Gasteiger partial charge in [-0.15, -0.1) is 35.4 Å². The molecule has 3 nitrogen and oxygen atoms in total. The number of hydrogen-bond donors (Lipinski definition) is 1. The molecule has 1 N–H and O–H groups in total. The van der Waals surface area contributed by atoms with Crippen molar-refractivity contribution in [3.63, 3.8) is 0 Å². The molecule has 0 aliphatic heterocycles. The van der Waals surface area contributed by atoms with Gasteiger partial charge in [0.25, 0.3) is 0 Å². The summed E-state index contributed by atoms with van der Waals surface area (Å²) in [7, 11) is 0. The van der Waals surface area contributed by atoms with Gasteiger partial charge in [-0.2, -0.15) is 0 Å². The van der Waals surface area contributed by atoms with Gasteiger partial charge in [0.15, 0.2) is 0 Å². The van der Waals surface area contributed by atoms with E-state index < -0.39 is 0 Å². The summed E-state index contributed by atoms with van der Waals surface area (Å²) < 4.78 is 0. The monoisotopic (exact) mass is 588 g/mol. The van der Waals surface area contributed by atoms with Gasteiger partial charge in [-0.25, -0.2) is 0 Å². The third-order valence-electron chi connectivity index (χ3n) is 5.01. The summed E-state index contributed by atoms with van der Waals surface area (Å²) in [6, 6.07) is 29.1. The molecule has 160 valence electrons. The average Bonchev–Trinajstić information content (AvgIpc) is 2.74. The maximum Gasteiger partial charge on any atom is 0.124 e. The summed E-state index contributed by atoms with van der Waals surface area (Å²) in [5.41, 5.74) is 5.27. The number of phenols is 1. The number of pyridine rings is 1. The summed E-state index contributed by atoms with van der Waals surface area (Å²) >= 11 is 0. The quantitative estimate of drug-likeness (QED) is 0.220.